The minimum absolute atomic E-state index is 0.276. The number of nitrogens with zero attached hydrogens (tertiary/aromatic N) is 1. The van der Waals surface area contributed by atoms with Crippen molar-refractivity contribution in [1.29, 1.82) is 0 Å². The molecule has 0 aliphatic heterocycles. The van der Waals surface area contributed by atoms with Gasteiger partial charge in [-0.1, -0.05) is 35.9 Å². The number of pyridine rings is 1. The number of carbonyl (C=O) groups excluding carboxylic acids is 2. The van der Waals surface area contributed by atoms with Gasteiger partial charge in [0, 0.05) is 18.4 Å². The fourth-order valence-corrected chi connectivity index (χ4v) is 2.25. The van der Waals surface area contributed by atoms with Gasteiger partial charge in [0.1, 0.15) is 10.8 Å². The maximum Gasteiger partial charge on any atom is 0.269 e. The van der Waals surface area contributed by atoms with Gasteiger partial charge in [-0.15, -0.1) is 0 Å². The van der Waals surface area contributed by atoms with E-state index in [1.807, 2.05) is 24.3 Å². The predicted molar refractivity (Wildman–Crippen MR) is 82.1 cm³/mol. The summed E-state index contributed by atoms with van der Waals surface area (Å²) in [5.41, 5.74) is 5.33. The van der Waals surface area contributed by atoms with E-state index in [0.717, 1.165) is 10.8 Å². The molecular formula is C15H16ClN3O2. The third-order valence-corrected chi connectivity index (χ3v) is 3.35. The highest BCUT2D eigenvalue weighted by atomic mass is 35.5. The number of fused-ring (bicyclic) bond motifs is 1. The minimum Gasteiger partial charge on any atom is -0.370 e. The zero-order valence-corrected chi connectivity index (χ0v) is 12.2. The smallest absolute Gasteiger partial charge is 0.269 e. The van der Waals surface area contributed by atoms with E-state index < -0.39 is 0 Å². The Morgan fingerprint density at radius 3 is 2.76 bits per heavy atom. The van der Waals surface area contributed by atoms with Crippen LogP contribution in [0.5, 0.6) is 0 Å². The molecule has 0 spiro atoms. The van der Waals surface area contributed by atoms with Crippen molar-refractivity contribution in [3.05, 3.63) is 41.2 Å². The molecule has 1 aromatic carbocycles. The van der Waals surface area contributed by atoms with Crippen LogP contribution in [0.1, 0.15) is 29.8 Å². The largest absolute Gasteiger partial charge is 0.370 e. The molecule has 0 atom stereocenters. The average Bonchev–Trinajstić information content (AvgIpc) is 2.46. The van der Waals surface area contributed by atoms with Crippen molar-refractivity contribution in [2.24, 2.45) is 5.73 Å². The monoisotopic (exact) mass is 305 g/mol. The molecule has 0 saturated carbocycles. The van der Waals surface area contributed by atoms with E-state index in [9.17, 15) is 9.59 Å². The van der Waals surface area contributed by atoms with Crippen LogP contribution in [0.25, 0.3) is 10.8 Å². The molecule has 0 saturated heterocycles. The van der Waals surface area contributed by atoms with E-state index in [1.165, 1.54) is 0 Å². The van der Waals surface area contributed by atoms with Crippen LogP contribution in [0.2, 0.25) is 5.15 Å². The molecule has 0 fully saturated rings. The van der Waals surface area contributed by atoms with Crippen molar-refractivity contribution in [1.82, 2.24) is 10.3 Å². The van der Waals surface area contributed by atoms with E-state index in [0.29, 0.717) is 31.0 Å². The number of nitrogens with one attached hydrogen (secondary N) is 1. The van der Waals surface area contributed by atoms with Crippen molar-refractivity contribution in [3.63, 3.8) is 0 Å². The maximum absolute atomic E-state index is 12.0. The molecule has 1 aromatic heterocycles. The Hall–Kier alpha value is -2.14. The van der Waals surface area contributed by atoms with Crippen molar-refractivity contribution in [2.75, 3.05) is 6.54 Å². The number of unbranched alkanes of at least 4 members (excludes halogenated alkanes) is 1. The number of nitrogens with two attached hydrogens (primary N) is 1. The Morgan fingerprint density at radius 2 is 2.00 bits per heavy atom. The van der Waals surface area contributed by atoms with Gasteiger partial charge in [-0.3, -0.25) is 9.59 Å². The van der Waals surface area contributed by atoms with Crippen LogP contribution < -0.4 is 11.1 Å². The molecule has 0 radical (unpaired) electrons. The summed E-state index contributed by atoms with van der Waals surface area (Å²) in [6.45, 7) is 0.470. The lowest BCUT2D eigenvalue weighted by atomic mass is 10.1. The van der Waals surface area contributed by atoms with Crippen LogP contribution in [0.4, 0.5) is 0 Å². The number of primary amides is 1. The van der Waals surface area contributed by atoms with Crippen LogP contribution in [-0.2, 0) is 4.79 Å². The van der Waals surface area contributed by atoms with E-state index >= 15 is 0 Å². The number of hydrogen-bond donors (Lipinski definition) is 2. The van der Waals surface area contributed by atoms with Crippen LogP contribution in [0, 0.1) is 0 Å². The van der Waals surface area contributed by atoms with Gasteiger partial charge in [0.2, 0.25) is 5.91 Å². The summed E-state index contributed by atoms with van der Waals surface area (Å²) < 4.78 is 0. The number of amides is 2. The number of aromatic nitrogens is 1. The number of benzene rings is 1. The van der Waals surface area contributed by atoms with Gasteiger partial charge in [-0.2, -0.15) is 0 Å². The summed E-state index contributed by atoms with van der Waals surface area (Å²) in [5.74, 6) is -0.606. The van der Waals surface area contributed by atoms with Gasteiger partial charge in [0.15, 0.2) is 0 Å². The molecule has 2 amide bonds. The molecule has 6 heteroatoms. The number of halogens is 1. The first-order valence-electron chi connectivity index (χ1n) is 6.69. The fraction of sp³-hybridized carbons (Fsp3) is 0.267. The standard InChI is InChI=1S/C15H16ClN3O2/c16-14-11-6-2-1-5-10(11)9-12(19-14)15(21)18-8-4-3-7-13(17)20/h1-2,5-6,9H,3-4,7-8H2,(H2,17,20)(H,18,21). The van der Waals surface area contributed by atoms with Gasteiger partial charge < -0.3 is 11.1 Å². The fourth-order valence-electron chi connectivity index (χ4n) is 1.99. The van der Waals surface area contributed by atoms with Gasteiger partial charge in [0.05, 0.1) is 0 Å². The van der Waals surface area contributed by atoms with E-state index in [-0.39, 0.29) is 17.5 Å². The minimum atomic E-state index is -0.329. The first-order valence-corrected chi connectivity index (χ1v) is 7.07. The Kier molecular flexibility index (Phi) is 5.11. The Bertz CT molecular complexity index is 673. The third kappa shape index (κ3) is 4.16. The molecule has 2 aromatic rings. The second-order valence-corrected chi connectivity index (χ2v) is 5.06. The number of rotatable bonds is 6. The van der Waals surface area contributed by atoms with Crippen molar-refractivity contribution < 1.29 is 9.59 Å². The Balaban J connectivity index is 1.98. The molecule has 0 unspecified atom stereocenters. The van der Waals surface area contributed by atoms with Crippen molar-refractivity contribution >= 4 is 34.2 Å². The van der Waals surface area contributed by atoms with E-state index in [1.54, 1.807) is 6.07 Å². The highest BCUT2D eigenvalue weighted by Crippen LogP contribution is 2.22. The summed E-state index contributed by atoms with van der Waals surface area (Å²) in [7, 11) is 0. The molecule has 3 N–H and O–H groups in total. The van der Waals surface area contributed by atoms with Gasteiger partial charge in [0.25, 0.3) is 5.91 Å². The van der Waals surface area contributed by atoms with Gasteiger partial charge in [-0.05, 0) is 24.3 Å². The lowest BCUT2D eigenvalue weighted by Crippen LogP contribution is -2.25. The quantitative estimate of drug-likeness (QED) is 0.634. The van der Waals surface area contributed by atoms with Gasteiger partial charge in [-0.25, -0.2) is 4.98 Å². The molecule has 5 nitrogen and oxygen atoms in total. The van der Waals surface area contributed by atoms with Crippen LogP contribution in [0.15, 0.2) is 30.3 Å². The summed E-state index contributed by atoms with van der Waals surface area (Å²) in [6, 6.07) is 9.20. The molecular weight excluding hydrogens is 290 g/mol. The summed E-state index contributed by atoms with van der Waals surface area (Å²) >= 11 is 6.08. The second-order valence-electron chi connectivity index (χ2n) is 4.70. The predicted octanol–water partition coefficient (Wildman–Crippen LogP) is 2.27. The highest BCUT2D eigenvalue weighted by Gasteiger charge is 2.10. The topological polar surface area (TPSA) is 85.1 Å². The van der Waals surface area contributed by atoms with Crippen molar-refractivity contribution in [2.45, 2.75) is 19.3 Å². The van der Waals surface area contributed by atoms with Crippen LogP contribution >= 0.6 is 11.6 Å². The highest BCUT2D eigenvalue weighted by molar-refractivity contribution is 6.34. The number of hydrogen-bond acceptors (Lipinski definition) is 3. The van der Waals surface area contributed by atoms with Crippen molar-refractivity contribution in [3.8, 4) is 0 Å². The average molecular weight is 306 g/mol. The molecule has 110 valence electrons. The zero-order chi connectivity index (χ0) is 15.2. The lowest BCUT2D eigenvalue weighted by molar-refractivity contribution is -0.118. The molecule has 0 bridgehead atoms. The second kappa shape index (κ2) is 7.04. The Morgan fingerprint density at radius 1 is 1.24 bits per heavy atom. The van der Waals surface area contributed by atoms with Crippen LogP contribution in [-0.4, -0.2) is 23.3 Å². The Labute approximate surface area is 127 Å². The molecule has 21 heavy (non-hydrogen) atoms. The zero-order valence-electron chi connectivity index (χ0n) is 11.4. The summed E-state index contributed by atoms with van der Waals surface area (Å²) in [6.07, 6.45) is 1.67. The van der Waals surface area contributed by atoms with E-state index in [4.69, 9.17) is 17.3 Å². The molecule has 2 rings (SSSR count). The third-order valence-electron chi connectivity index (χ3n) is 3.06. The molecule has 0 aliphatic rings. The van der Waals surface area contributed by atoms with Gasteiger partial charge >= 0.3 is 0 Å². The summed E-state index contributed by atoms with van der Waals surface area (Å²) in [4.78, 5) is 26.7. The molecule has 0 aliphatic carbocycles. The first kappa shape index (κ1) is 15.3. The first-order chi connectivity index (χ1) is 10.1. The molecule has 1 heterocycles. The maximum atomic E-state index is 12.0. The van der Waals surface area contributed by atoms with E-state index in [2.05, 4.69) is 10.3 Å². The summed E-state index contributed by atoms with van der Waals surface area (Å²) in [5, 5.41) is 4.75. The number of carbonyl (C=O) groups is 2. The normalized spacial score (nSPS) is 10.5. The SMILES string of the molecule is NC(=O)CCCCNC(=O)c1cc2ccccc2c(Cl)n1. The lowest BCUT2D eigenvalue weighted by Gasteiger charge is -2.06. The van der Waals surface area contributed by atoms with Crippen LogP contribution in [0.3, 0.4) is 0 Å².